The summed E-state index contributed by atoms with van der Waals surface area (Å²) in [7, 11) is -4.41. The average molecular weight is 1390 g/mol. The monoisotopic (exact) mass is 1380 g/mol. The highest BCUT2D eigenvalue weighted by molar-refractivity contribution is 7.47. The third-order valence-corrected chi connectivity index (χ3v) is 18.8. The van der Waals surface area contributed by atoms with Crippen LogP contribution in [0.3, 0.4) is 0 Å². The predicted molar refractivity (Wildman–Crippen MR) is 427 cm³/mol. The number of unbranched alkanes of at least 4 members (excludes halogenated alkanes) is 42. The fraction of sp³-hybridized carbons (Fsp3) is 0.727. The van der Waals surface area contributed by atoms with Gasteiger partial charge in [0.25, 0.3) is 0 Å². The third-order valence-electron chi connectivity index (χ3n) is 17.8. The van der Waals surface area contributed by atoms with Crippen molar-refractivity contribution in [3.05, 3.63) is 134 Å². The molecule has 0 fully saturated rings. The highest BCUT2D eigenvalue weighted by Gasteiger charge is 2.26. The van der Waals surface area contributed by atoms with Gasteiger partial charge in [0, 0.05) is 19.4 Å². The summed E-state index contributed by atoms with van der Waals surface area (Å²) in [5.41, 5.74) is 5.41. The van der Waals surface area contributed by atoms with Crippen molar-refractivity contribution in [3.63, 3.8) is 0 Å². The van der Waals surface area contributed by atoms with Crippen LogP contribution in [0.2, 0.25) is 0 Å². The molecule has 0 aromatic heterocycles. The van der Waals surface area contributed by atoms with E-state index in [1.807, 2.05) is 0 Å². The van der Waals surface area contributed by atoms with Crippen LogP contribution in [-0.2, 0) is 32.7 Å². The molecule has 0 aromatic rings. The molecule has 9 nitrogen and oxygen atoms in total. The Kier molecular flexibility index (Phi) is 78.9. The molecule has 10 heteroatoms. The molecule has 0 aromatic carbocycles. The lowest BCUT2D eigenvalue weighted by Gasteiger charge is -2.19. The minimum absolute atomic E-state index is 0.0451. The van der Waals surface area contributed by atoms with Gasteiger partial charge in [0.15, 0.2) is 6.10 Å². The quantitative estimate of drug-likeness (QED) is 0.0264. The van der Waals surface area contributed by atoms with Gasteiger partial charge in [-0.1, -0.05) is 404 Å². The van der Waals surface area contributed by atoms with Crippen molar-refractivity contribution in [2.45, 2.75) is 386 Å². The molecule has 2 unspecified atom stereocenters. The van der Waals surface area contributed by atoms with Crippen molar-refractivity contribution < 1.29 is 37.6 Å². The van der Waals surface area contributed by atoms with E-state index >= 15 is 0 Å². The van der Waals surface area contributed by atoms with Gasteiger partial charge >= 0.3 is 19.8 Å². The first-order valence-electron chi connectivity index (χ1n) is 41.2. The lowest BCUT2D eigenvalue weighted by Crippen LogP contribution is -2.29. The van der Waals surface area contributed by atoms with Crippen LogP contribution in [0.4, 0.5) is 0 Å². The Bertz CT molecular complexity index is 2080. The van der Waals surface area contributed by atoms with Crippen LogP contribution in [0.15, 0.2) is 134 Å². The number of phosphoric ester groups is 1. The van der Waals surface area contributed by atoms with Crippen LogP contribution >= 0.6 is 7.82 Å². The summed E-state index contributed by atoms with van der Waals surface area (Å²) in [4.78, 5) is 35.5. The lowest BCUT2D eigenvalue weighted by molar-refractivity contribution is -0.161. The second-order valence-corrected chi connectivity index (χ2v) is 28.7. The lowest BCUT2D eigenvalue weighted by atomic mass is 10.0. The molecule has 0 aliphatic carbocycles. The largest absolute Gasteiger partial charge is 0.472 e. The fourth-order valence-corrected chi connectivity index (χ4v) is 12.5. The zero-order chi connectivity index (χ0) is 70.8. The Labute approximate surface area is 605 Å². The molecule has 0 spiro atoms. The van der Waals surface area contributed by atoms with Gasteiger partial charge in [0.2, 0.25) is 0 Å². The first-order valence-corrected chi connectivity index (χ1v) is 42.7. The van der Waals surface area contributed by atoms with Gasteiger partial charge in [-0.2, -0.15) is 0 Å². The number of esters is 2. The van der Waals surface area contributed by atoms with E-state index in [1.54, 1.807) is 0 Å². The molecule has 0 amide bonds. The summed E-state index contributed by atoms with van der Waals surface area (Å²) in [6.07, 6.45) is 117. The Morgan fingerprint density at radius 3 is 0.837 bits per heavy atom. The summed E-state index contributed by atoms with van der Waals surface area (Å²) in [5.74, 6) is -0.843. The number of phosphoric acid groups is 1. The first kappa shape index (κ1) is 94.2. The van der Waals surface area contributed by atoms with Gasteiger partial charge in [-0.15, -0.1) is 0 Å². The van der Waals surface area contributed by atoms with E-state index in [4.69, 9.17) is 24.3 Å². The van der Waals surface area contributed by atoms with Gasteiger partial charge < -0.3 is 20.1 Å². The molecule has 564 valence electrons. The zero-order valence-electron chi connectivity index (χ0n) is 63.7. The Morgan fingerprint density at radius 1 is 0.316 bits per heavy atom. The maximum atomic E-state index is 12.8. The predicted octanol–water partition coefficient (Wildman–Crippen LogP) is 27.9. The van der Waals surface area contributed by atoms with Crippen LogP contribution in [0.5, 0.6) is 0 Å². The van der Waals surface area contributed by atoms with Crippen molar-refractivity contribution >= 4 is 19.8 Å². The minimum Gasteiger partial charge on any atom is -0.462 e. The van der Waals surface area contributed by atoms with Crippen molar-refractivity contribution in [2.24, 2.45) is 5.73 Å². The molecule has 0 aliphatic rings. The summed E-state index contributed by atoms with van der Waals surface area (Å²) in [6.45, 7) is 3.65. The summed E-state index contributed by atoms with van der Waals surface area (Å²) in [5, 5.41) is 0. The molecular weight excluding hydrogens is 1230 g/mol. The minimum atomic E-state index is -4.41. The van der Waals surface area contributed by atoms with Gasteiger partial charge in [-0.3, -0.25) is 18.6 Å². The molecule has 0 saturated carbocycles. The van der Waals surface area contributed by atoms with Crippen LogP contribution in [0.1, 0.15) is 380 Å². The number of rotatable bonds is 77. The van der Waals surface area contributed by atoms with E-state index in [-0.39, 0.29) is 38.6 Å². The number of nitrogens with two attached hydrogens (primary N) is 1. The average Bonchev–Trinajstić information content (AvgIpc) is 1.28. The molecular formula is C88H154NO8P. The summed E-state index contributed by atoms with van der Waals surface area (Å²) >= 11 is 0. The smallest absolute Gasteiger partial charge is 0.462 e. The van der Waals surface area contributed by atoms with Crippen molar-refractivity contribution in [2.75, 3.05) is 26.4 Å². The number of carbonyl (C=O) groups is 2. The van der Waals surface area contributed by atoms with Crippen LogP contribution in [0, 0.1) is 0 Å². The van der Waals surface area contributed by atoms with Gasteiger partial charge in [0.1, 0.15) is 6.61 Å². The van der Waals surface area contributed by atoms with E-state index < -0.39 is 26.5 Å². The Balaban J connectivity index is 3.87. The van der Waals surface area contributed by atoms with Gasteiger partial charge in [0.05, 0.1) is 13.2 Å². The molecule has 2 atom stereocenters. The molecule has 0 aliphatic heterocycles. The molecule has 0 radical (unpaired) electrons. The zero-order valence-corrected chi connectivity index (χ0v) is 64.6. The van der Waals surface area contributed by atoms with Gasteiger partial charge in [-0.25, -0.2) is 4.57 Å². The highest BCUT2D eigenvalue weighted by Crippen LogP contribution is 2.43. The van der Waals surface area contributed by atoms with E-state index in [0.29, 0.717) is 6.42 Å². The topological polar surface area (TPSA) is 134 Å². The standard InChI is InChI=1S/C88H154NO8P/c1-3-5-7-9-11-13-15-17-19-21-23-25-27-29-31-33-35-37-39-41-43-45-47-49-51-53-55-57-59-61-63-65-67-69-71-73-75-77-79-81-88(91)97-86(85-96-98(92,93)95-83-82-89)84-94-87(90)80-78-76-74-72-70-68-66-64-62-60-58-56-54-52-50-48-46-44-42-40-38-36-34-32-30-28-26-24-22-20-18-16-14-12-10-8-6-4-2/h5,7,11,13,17,19,23,25,29,31,35,37,41,43,47,49,53,55,59,61,65,67,86H,3-4,6,8-10,12,14-16,18,20-22,24,26-28,30,32-34,36,38-40,42,44-46,48,50-52,54,56-58,60,62-64,66,68-85,89H2,1-2H3,(H,92,93)/b7-5-,13-11-,19-17-,25-23-,31-29-,37-35-,43-41-,49-47-,55-53-,61-59-,67-65-. The maximum absolute atomic E-state index is 12.8. The SMILES string of the molecule is CC/C=C\C/C=C\C/C=C\C/C=C\C/C=C\C/C=C\C/C=C\C/C=C\C/C=C\C/C=C\C/C=C\CCCCCCCC(=O)OC(COC(=O)CCCCCCCCCCCCCCCCCCCCCCCCCCCCCCCCCCCCCCCC)COP(=O)(O)OCCN. The third kappa shape index (κ3) is 81.1. The molecule has 0 heterocycles. The van der Waals surface area contributed by atoms with E-state index in [9.17, 15) is 19.0 Å². The maximum Gasteiger partial charge on any atom is 0.472 e. The van der Waals surface area contributed by atoms with Crippen LogP contribution in [0.25, 0.3) is 0 Å². The van der Waals surface area contributed by atoms with E-state index in [2.05, 4.69) is 148 Å². The summed E-state index contributed by atoms with van der Waals surface area (Å²) < 4.78 is 33.2. The number of allylic oxidation sites excluding steroid dienone is 22. The number of hydrogen-bond donors (Lipinski definition) is 2. The van der Waals surface area contributed by atoms with E-state index in [0.717, 1.165) is 122 Å². The number of ether oxygens (including phenoxy) is 2. The van der Waals surface area contributed by atoms with E-state index in [1.165, 1.54) is 225 Å². The molecule has 0 bridgehead atoms. The number of carbonyl (C=O) groups excluding carboxylic acids is 2. The molecule has 0 rings (SSSR count). The first-order chi connectivity index (χ1) is 48.3. The summed E-state index contributed by atoms with van der Waals surface area (Å²) in [6, 6.07) is 0. The molecule has 3 N–H and O–H groups in total. The van der Waals surface area contributed by atoms with Gasteiger partial charge in [-0.05, 0) is 96.3 Å². The second-order valence-electron chi connectivity index (χ2n) is 27.3. The number of hydrogen-bond acceptors (Lipinski definition) is 8. The fourth-order valence-electron chi connectivity index (χ4n) is 11.8. The van der Waals surface area contributed by atoms with Crippen molar-refractivity contribution in [3.8, 4) is 0 Å². The molecule has 0 saturated heterocycles. The Hall–Kier alpha value is -3.85. The van der Waals surface area contributed by atoms with Crippen LogP contribution in [-0.4, -0.2) is 49.3 Å². The molecule has 98 heavy (non-hydrogen) atoms. The van der Waals surface area contributed by atoms with Crippen LogP contribution < -0.4 is 5.73 Å². The normalized spacial score (nSPS) is 13.6. The Morgan fingerprint density at radius 2 is 0.561 bits per heavy atom. The second kappa shape index (κ2) is 82.1. The van der Waals surface area contributed by atoms with Crippen molar-refractivity contribution in [1.82, 2.24) is 0 Å². The van der Waals surface area contributed by atoms with Crippen molar-refractivity contribution in [1.29, 1.82) is 0 Å². The highest BCUT2D eigenvalue weighted by atomic mass is 31.2.